The smallest absolute Gasteiger partial charge is 0.251 e. The molecular formula is C15H18N2O2S. The summed E-state index contributed by atoms with van der Waals surface area (Å²) >= 11 is 4.94. The molecule has 1 aromatic rings. The van der Waals surface area contributed by atoms with Crippen LogP contribution in [-0.2, 0) is 4.74 Å². The van der Waals surface area contributed by atoms with E-state index in [1.54, 1.807) is 18.2 Å². The van der Waals surface area contributed by atoms with Gasteiger partial charge >= 0.3 is 0 Å². The van der Waals surface area contributed by atoms with Crippen molar-refractivity contribution < 1.29 is 9.53 Å². The fraction of sp³-hybridized carbons (Fsp3) is 0.467. The van der Waals surface area contributed by atoms with E-state index in [0.29, 0.717) is 22.0 Å². The van der Waals surface area contributed by atoms with Gasteiger partial charge in [-0.1, -0.05) is 24.4 Å². The van der Waals surface area contributed by atoms with Crippen LogP contribution in [0.1, 0.15) is 35.2 Å². The zero-order valence-corrected chi connectivity index (χ0v) is 12.0. The van der Waals surface area contributed by atoms with E-state index >= 15 is 0 Å². The van der Waals surface area contributed by atoms with E-state index in [1.165, 1.54) is 12.8 Å². The summed E-state index contributed by atoms with van der Waals surface area (Å²) in [7, 11) is 0. The van der Waals surface area contributed by atoms with Gasteiger partial charge < -0.3 is 15.8 Å². The maximum Gasteiger partial charge on any atom is 0.251 e. The predicted octanol–water partition coefficient (Wildman–Crippen LogP) is 1.62. The maximum atomic E-state index is 12.3. The lowest BCUT2D eigenvalue weighted by Crippen LogP contribution is -2.41. The van der Waals surface area contributed by atoms with E-state index in [2.05, 4.69) is 5.32 Å². The molecular weight excluding hydrogens is 272 g/mol. The molecule has 2 aliphatic rings. The van der Waals surface area contributed by atoms with Crippen LogP contribution in [0.4, 0.5) is 0 Å². The first kappa shape index (κ1) is 13.5. The first-order chi connectivity index (χ1) is 9.65. The lowest BCUT2D eigenvalue weighted by Gasteiger charge is -2.19. The molecule has 2 unspecified atom stereocenters. The lowest BCUT2D eigenvalue weighted by molar-refractivity contribution is 0.0729. The molecule has 0 radical (unpaired) electrons. The topological polar surface area (TPSA) is 64.4 Å². The highest BCUT2D eigenvalue weighted by Gasteiger charge is 2.41. The van der Waals surface area contributed by atoms with Crippen molar-refractivity contribution in [3.8, 4) is 0 Å². The Kier molecular flexibility index (Phi) is 3.72. The highest BCUT2D eigenvalue weighted by atomic mass is 32.1. The summed E-state index contributed by atoms with van der Waals surface area (Å²) in [4.78, 5) is 12.6. The highest BCUT2D eigenvalue weighted by Crippen LogP contribution is 2.38. The molecule has 106 valence electrons. The SMILES string of the molecule is NC(=S)c1cccc(C(=O)NC2CCOC2C2CC2)c1. The Hall–Kier alpha value is -1.46. The van der Waals surface area contributed by atoms with Gasteiger partial charge in [-0.3, -0.25) is 4.79 Å². The third kappa shape index (κ3) is 2.83. The van der Waals surface area contributed by atoms with E-state index in [0.717, 1.165) is 13.0 Å². The van der Waals surface area contributed by atoms with Crippen LogP contribution in [0.15, 0.2) is 24.3 Å². The van der Waals surface area contributed by atoms with Gasteiger partial charge in [0.2, 0.25) is 0 Å². The average Bonchev–Trinajstić information content (AvgIpc) is 3.19. The fourth-order valence-corrected chi connectivity index (χ4v) is 2.85. The van der Waals surface area contributed by atoms with Crippen molar-refractivity contribution in [2.75, 3.05) is 6.61 Å². The molecule has 3 N–H and O–H groups in total. The van der Waals surface area contributed by atoms with Crippen LogP contribution in [-0.4, -0.2) is 29.6 Å². The molecule has 20 heavy (non-hydrogen) atoms. The van der Waals surface area contributed by atoms with Crippen LogP contribution in [0.3, 0.4) is 0 Å². The van der Waals surface area contributed by atoms with Crippen molar-refractivity contribution in [1.29, 1.82) is 0 Å². The summed E-state index contributed by atoms with van der Waals surface area (Å²) < 4.78 is 5.73. The molecule has 0 spiro atoms. The number of hydrogen-bond donors (Lipinski definition) is 2. The monoisotopic (exact) mass is 290 g/mol. The van der Waals surface area contributed by atoms with Gasteiger partial charge in [0.15, 0.2) is 0 Å². The standard InChI is InChI=1S/C15H18N2O2S/c16-14(20)10-2-1-3-11(8-10)15(18)17-12-6-7-19-13(12)9-4-5-9/h1-3,8-9,12-13H,4-7H2,(H2,16,20)(H,17,18). The number of benzene rings is 1. The number of rotatable bonds is 4. The van der Waals surface area contributed by atoms with Crippen LogP contribution < -0.4 is 11.1 Å². The normalized spacial score (nSPS) is 25.4. The van der Waals surface area contributed by atoms with Gasteiger partial charge in [0.1, 0.15) is 4.99 Å². The summed E-state index contributed by atoms with van der Waals surface area (Å²) in [5.41, 5.74) is 6.91. The van der Waals surface area contributed by atoms with Crippen LogP contribution in [0, 0.1) is 5.92 Å². The third-order valence-electron chi connectivity index (χ3n) is 3.95. The summed E-state index contributed by atoms with van der Waals surface area (Å²) in [6.07, 6.45) is 3.52. The number of hydrogen-bond acceptors (Lipinski definition) is 3. The van der Waals surface area contributed by atoms with Gasteiger partial charge in [0, 0.05) is 17.7 Å². The quantitative estimate of drug-likeness (QED) is 0.827. The minimum Gasteiger partial charge on any atom is -0.389 e. The molecule has 0 bridgehead atoms. The Bertz CT molecular complexity index is 542. The van der Waals surface area contributed by atoms with Crippen molar-refractivity contribution >= 4 is 23.1 Å². The number of thiocarbonyl (C=S) groups is 1. The van der Waals surface area contributed by atoms with Crippen LogP contribution >= 0.6 is 12.2 Å². The molecule has 0 aromatic heterocycles. The number of carbonyl (C=O) groups excluding carboxylic acids is 1. The summed E-state index contributed by atoms with van der Waals surface area (Å²) in [6.45, 7) is 0.735. The lowest BCUT2D eigenvalue weighted by atomic mass is 10.0. The van der Waals surface area contributed by atoms with Crippen LogP contribution in [0.5, 0.6) is 0 Å². The van der Waals surface area contributed by atoms with Gasteiger partial charge in [0.05, 0.1) is 12.1 Å². The summed E-state index contributed by atoms with van der Waals surface area (Å²) in [6, 6.07) is 7.25. The van der Waals surface area contributed by atoms with Gasteiger partial charge in [0.25, 0.3) is 5.91 Å². The van der Waals surface area contributed by atoms with E-state index in [9.17, 15) is 4.79 Å². The minimum absolute atomic E-state index is 0.0794. The second-order valence-corrected chi connectivity index (χ2v) is 5.93. The molecule has 1 aromatic carbocycles. The Morgan fingerprint density at radius 1 is 1.30 bits per heavy atom. The second kappa shape index (κ2) is 5.50. The zero-order valence-electron chi connectivity index (χ0n) is 11.2. The Morgan fingerprint density at radius 3 is 2.75 bits per heavy atom. The van der Waals surface area contributed by atoms with Gasteiger partial charge in [-0.25, -0.2) is 0 Å². The molecule has 2 fully saturated rings. The van der Waals surface area contributed by atoms with Crippen LogP contribution in [0.2, 0.25) is 0 Å². The van der Waals surface area contributed by atoms with E-state index < -0.39 is 0 Å². The molecule has 1 saturated carbocycles. The molecule has 5 heteroatoms. The minimum atomic E-state index is -0.0794. The average molecular weight is 290 g/mol. The summed E-state index contributed by atoms with van der Waals surface area (Å²) in [5, 5.41) is 3.08. The van der Waals surface area contributed by atoms with Gasteiger partial charge in [-0.2, -0.15) is 0 Å². The Balaban J connectivity index is 1.69. The molecule has 2 atom stereocenters. The van der Waals surface area contributed by atoms with Crippen molar-refractivity contribution in [1.82, 2.24) is 5.32 Å². The van der Waals surface area contributed by atoms with Gasteiger partial charge in [-0.15, -0.1) is 0 Å². The predicted molar refractivity (Wildman–Crippen MR) is 80.7 cm³/mol. The second-order valence-electron chi connectivity index (χ2n) is 5.49. The van der Waals surface area contributed by atoms with Gasteiger partial charge in [-0.05, 0) is 37.3 Å². The van der Waals surface area contributed by atoms with Crippen LogP contribution in [0.25, 0.3) is 0 Å². The maximum absolute atomic E-state index is 12.3. The Labute approximate surface area is 123 Å². The first-order valence-electron chi connectivity index (χ1n) is 6.97. The summed E-state index contributed by atoms with van der Waals surface area (Å²) in [5.74, 6) is 0.551. The molecule has 3 rings (SSSR count). The number of ether oxygens (including phenoxy) is 1. The number of nitrogens with one attached hydrogen (secondary N) is 1. The molecule has 1 saturated heterocycles. The van der Waals surface area contributed by atoms with Crippen molar-refractivity contribution in [2.24, 2.45) is 11.7 Å². The number of nitrogens with two attached hydrogens (primary N) is 1. The third-order valence-corrected chi connectivity index (χ3v) is 4.18. The van der Waals surface area contributed by atoms with E-state index in [4.69, 9.17) is 22.7 Å². The highest BCUT2D eigenvalue weighted by molar-refractivity contribution is 7.80. The zero-order chi connectivity index (χ0) is 14.1. The molecule has 1 heterocycles. The molecule has 4 nitrogen and oxygen atoms in total. The molecule has 1 amide bonds. The first-order valence-corrected chi connectivity index (χ1v) is 7.38. The number of amides is 1. The van der Waals surface area contributed by atoms with Crippen molar-refractivity contribution in [3.05, 3.63) is 35.4 Å². The van der Waals surface area contributed by atoms with Crippen molar-refractivity contribution in [3.63, 3.8) is 0 Å². The van der Waals surface area contributed by atoms with Crippen molar-refractivity contribution in [2.45, 2.75) is 31.4 Å². The fourth-order valence-electron chi connectivity index (χ4n) is 2.72. The Morgan fingerprint density at radius 2 is 2.05 bits per heavy atom. The molecule has 1 aliphatic heterocycles. The largest absolute Gasteiger partial charge is 0.389 e. The number of carbonyl (C=O) groups is 1. The molecule has 1 aliphatic carbocycles. The van der Waals surface area contributed by atoms with E-state index in [-0.39, 0.29) is 18.1 Å². The van der Waals surface area contributed by atoms with E-state index in [1.807, 2.05) is 6.07 Å².